The number of hydrogen-bond donors (Lipinski definition) is 0. The first-order valence-corrected chi connectivity index (χ1v) is 9.60. The molecule has 3 aromatic rings. The van der Waals surface area contributed by atoms with Gasteiger partial charge in [-0.3, -0.25) is 0 Å². The van der Waals surface area contributed by atoms with Crippen LogP contribution in [0.4, 0.5) is 0 Å². The van der Waals surface area contributed by atoms with E-state index in [0.29, 0.717) is 5.92 Å². The van der Waals surface area contributed by atoms with E-state index in [1.54, 1.807) is 0 Å². The van der Waals surface area contributed by atoms with E-state index in [0.717, 1.165) is 6.42 Å². The number of aromatic nitrogens is 1. The molecule has 1 nitrogen and oxygen atoms in total. The van der Waals surface area contributed by atoms with Gasteiger partial charge in [-0.05, 0) is 72.1 Å². The lowest BCUT2D eigenvalue weighted by Crippen LogP contribution is -2.32. The van der Waals surface area contributed by atoms with Crippen molar-refractivity contribution in [2.75, 3.05) is 0 Å². The lowest BCUT2D eigenvalue weighted by atomic mass is 9.91. The zero-order valence-corrected chi connectivity index (χ0v) is 16.8. The first kappa shape index (κ1) is 17.0. The van der Waals surface area contributed by atoms with Gasteiger partial charge < -0.3 is 0 Å². The molecule has 0 saturated carbocycles. The summed E-state index contributed by atoms with van der Waals surface area (Å²) < 4.78 is 2.31. The zero-order valence-electron chi connectivity index (χ0n) is 16.8. The van der Waals surface area contributed by atoms with Gasteiger partial charge in [-0.25, -0.2) is 4.57 Å². The van der Waals surface area contributed by atoms with Crippen LogP contribution in [0.1, 0.15) is 53.1 Å². The number of benzene rings is 2. The average molecular weight is 343 g/mol. The van der Waals surface area contributed by atoms with E-state index in [-0.39, 0.29) is 0 Å². The third-order valence-electron chi connectivity index (χ3n) is 5.97. The van der Waals surface area contributed by atoms with Gasteiger partial charge in [0.2, 0.25) is 5.69 Å². The normalized spacial score (nSPS) is 12.4. The van der Waals surface area contributed by atoms with Crippen molar-refractivity contribution >= 4 is 0 Å². The van der Waals surface area contributed by atoms with Gasteiger partial charge in [-0.15, -0.1) is 0 Å². The van der Waals surface area contributed by atoms with Gasteiger partial charge in [-0.2, -0.15) is 0 Å². The third-order valence-corrected chi connectivity index (χ3v) is 5.97. The fourth-order valence-corrected chi connectivity index (χ4v) is 4.59. The highest BCUT2D eigenvalue weighted by atomic mass is 14.9. The van der Waals surface area contributed by atoms with Gasteiger partial charge in [-0.1, -0.05) is 44.2 Å². The Morgan fingerprint density at radius 1 is 0.846 bits per heavy atom. The van der Waals surface area contributed by atoms with E-state index in [9.17, 15) is 0 Å². The molecule has 0 N–H and O–H groups in total. The Morgan fingerprint density at radius 2 is 1.58 bits per heavy atom. The number of aryl methyl sites for hydroxylation is 4. The molecule has 0 fully saturated rings. The van der Waals surface area contributed by atoms with Crippen molar-refractivity contribution in [3.05, 3.63) is 76.0 Å². The first-order valence-electron chi connectivity index (χ1n) is 9.60. The molecule has 0 bridgehead atoms. The number of rotatable bonds is 2. The fourth-order valence-electron chi connectivity index (χ4n) is 4.59. The molecule has 2 aromatic carbocycles. The lowest BCUT2D eigenvalue weighted by Gasteiger charge is -2.14. The summed E-state index contributed by atoms with van der Waals surface area (Å²) in [5.41, 5.74) is 14.1. The molecule has 0 saturated heterocycles. The summed E-state index contributed by atoms with van der Waals surface area (Å²) in [6.07, 6.45) is 3.33. The Kier molecular flexibility index (Phi) is 3.99. The molecule has 0 aliphatic heterocycles. The molecule has 132 valence electrons. The molecule has 4 rings (SSSR count). The fraction of sp³-hybridized carbons (Fsp3) is 0.320. The van der Waals surface area contributed by atoms with Crippen molar-refractivity contribution in [1.29, 1.82) is 0 Å². The first-order chi connectivity index (χ1) is 12.4. The lowest BCUT2D eigenvalue weighted by molar-refractivity contribution is -0.660. The maximum Gasteiger partial charge on any atom is 0.213 e. The minimum Gasteiger partial charge on any atom is -0.201 e. The SMILES string of the molecule is Cc1c[n+](C)c(-c2c(C)ccc3c2Cc2c(C)cccc2-3)cc1C(C)C. The van der Waals surface area contributed by atoms with E-state index < -0.39 is 0 Å². The van der Waals surface area contributed by atoms with E-state index in [1.165, 1.54) is 55.8 Å². The predicted molar refractivity (Wildman–Crippen MR) is 110 cm³/mol. The number of nitrogens with zero attached hydrogens (tertiary/aromatic N) is 1. The van der Waals surface area contributed by atoms with Crippen molar-refractivity contribution in [1.82, 2.24) is 0 Å². The summed E-state index contributed by atoms with van der Waals surface area (Å²) in [5.74, 6) is 0.534. The quantitative estimate of drug-likeness (QED) is 0.405. The topological polar surface area (TPSA) is 3.88 Å². The second-order valence-corrected chi connectivity index (χ2v) is 8.12. The molecule has 0 atom stereocenters. The smallest absolute Gasteiger partial charge is 0.201 e. The van der Waals surface area contributed by atoms with Crippen LogP contribution in [0.2, 0.25) is 0 Å². The summed E-state index contributed by atoms with van der Waals surface area (Å²) in [7, 11) is 2.18. The summed E-state index contributed by atoms with van der Waals surface area (Å²) in [6, 6.07) is 13.7. The predicted octanol–water partition coefficient (Wildman–Crippen LogP) is 5.80. The molecule has 1 heteroatoms. The second-order valence-electron chi connectivity index (χ2n) is 8.12. The molecule has 1 heterocycles. The van der Waals surface area contributed by atoms with Crippen LogP contribution in [0, 0.1) is 20.8 Å². The van der Waals surface area contributed by atoms with Gasteiger partial charge in [0.1, 0.15) is 7.05 Å². The van der Waals surface area contributed by atoms with E-state index in [4.69, 9.17) is 0 Å². The van der Waals surface area contributed by atoms with Crippen LogP contribution in [-0.4, -0.2) is 0 Å². The van der Waals surface area contributed by atoms with Crippen LogP contribution in [0.3, 0.4) is 0 Å². The van der Waals surface area contributed by atoms with E-state index in [2.05, 4.69) is 88.8 Å². The minimum absolute atomic E-state index is 0.534. The van der Waals surface area contributed by atoms with Gasteiger partial charge in [0.05, 0.1) is 5.56 Å². The van der Waals surface area contributed by atoms with Crippen molar-refractivity contribution in [2.24, 2.45) is 7.05 Å². The summed E-state index contributed by atoms with van der Waals surface area (Å²) in [6.45, 7) is 11.3. The van der Waals surface area contributed by atoms with E-state index in [1.807, 2.05) is 0 Å². The third kappa shape index (κ3) is 2.49. The molecule has 0 unspecified atom stereocenters. The highest BCUT2D eigenvalue weighted by molar-refractivity contribution is 5.85. The zero-order chi connectivity index (χ0) is 18.6. The summed E-state index contributed by atoms with van der Waals surface area (Å²) in [4.78, 5) is 0. The van der Waals surface area contributed by atoms with Crippen molar-refractivity contribution in [2.45, 2.75) is 47.0 Å². The Bertz CT molecular complexity index is 1020. The Hall–Kier alpha value is -2.41. The monoisotopic (exact) mass is 342 g/mol. The van der Waals surface area contributed by atoms with Gasteiger partial charge >= 0.3 is 0 Å². The maximum atomic E-state index is 2.42. The molecule has 1 aromatic heterocycles. The maximum absolute atomic E-state index is 2.42. The molecular weight excluding hydrogens is 314 g/mol. The van der Waals surface area contributed by atoms with Gasteiger partial charge in [0.15, 0.2) is 6.20 Å². The standard InChI is InChI=1S/C25H28N/c1-15(2)21-13-24(26(6)14-18(21)5)25-17(4)10-11-20-19-9-7-8-16(3)22(19)12-23(20)25/h7-11,13-15H,12H2,1-6H3/q+1. The highest BCUT2D eigenvalue weighted by Gasteiger charge is 2.27. The van der Waals surface area contributed by atoms with Gasteiger partial charge in [0, 0.05) is 11.6 Å². The largest absolute Gasteiger partial charge is 0.213 e. The van der Waals surface area contributed by atoms with Crippen molar-refractivity contribution in [3.63, 3.8) is 0 Å². The van der Waals surface area contributed by atoms with Crippen LogP contribution >= 0.6 is 0 Å². The van der Waals surface area contributed by atoms with Crippen molar-refractivity contribution < 1.29 is 4.57 Å². The number of fused-ring (bicyclic) bond motifs is 3. The Labute approximate surface area is 157 Å². The molecule has 0 spiro atoms. The summed E-state index contributed by atoms with van der Waals surface area (Å²) in [5, 5.41) is 0. The molecular formula is C25H28N+. The Balaban J connectivity index is 1.99. The summed E-state index contributed by atoms with van der Waals surface area (Å²) >= 11 is 0. The van der Waals surface area contributed by atoms with Crippen molar-refractivity contribution in [3.8, 4) is 22.4 Å². The highest BCUT2D eigenvalue weighted by Crippen LogP contribution is 2.43. The van der Waals surface area contributed by atoms with Crippen LogP contribution < -0.4 is 4.57 Å². The average Bonchev–Trinajstić information content (AvgIpc) is 2.95. The van der Waals surface area contributed by atoms with Crippen LogP contribution in [0.5, 0.6) is 0 Å². The van der Waals surface area contributed by atoms with Gasteiger partial charge in [0.25, 0.3) is 0 Å². The number of hydrogen-bond acceptors (Lipinski definition) is 0. The van der Waals surface area contributed by atoms with Crippen LogP contribution in [0.25, 0.3) is 22.4 Å². The molecule has 1 aliphatic carbocycles. The molecule has 1 aliphatic rings. The van der Waals surface area contributed by atoms with Crippen LogP contribution in [0.15, 0.2) is 42.6 Å². The minimum atomic E-state index is 0.534. The van der Waals surface area contributed by atoms with E-state index >= 15 is 0 Å². The Morgan fingerprint density at radius 3 is 2.31 bits per heavy atom. The molecule has 26 heavy (non-hydrogen) atoms. The number of pyridine rings is 1. The van der Waals surface area contributed by atoms with Crippen LogP contribution in [-0.2, 0) is 13.5 Å². The molecule has 0 radical (unpaired) electrons. The molecule has 0 amide bonds. The second kappa shape index (κ2) is 6.09.